The summed E-state index contributed by atoms with van der Waals surface area (Å²) >= 11 is 0. The second-order valence-electron chi connectivity index (χ2n) is 6.99. The largest absolute Gasteiger partial charge is 0.396 e. The Kier molecular flexibility index (Phi) is 5.67. The minimum atomic E-state index is 0.152. The second-order valence-corrected chi connectivity index (χ2v) is 6.99. The topological polar surface area (TPSA) is 43.7 Å². The molecule has 1 aliphatic heterocycles. The molecular weight excluding hydrogens is 238 g/mol. The molecule has 0 aromatic carbocycles. The first-order chi connectivity index (χ1) is 9.19. The molecule has 1 aliphatic carbocycles. The van der Waals surface area contributed by atoms with Crippen LogP contribution in [0.2, 0.25) is 0 Å². The van der Waals surface area contributed by atoms with Gasteiger partial charge in [0.1, 0.15) is 0 Å². The zero-order chi connectivity index (χ0) is 13.7. The molecule has 0 aromatic rings. The Morgan fingerprint density at radius 1 is 1.21 bits per heavy atom. The van der Waals surface area contributed by atoms with Crippen molar-refractivity contribution in [1.29, 1.82) is 0 Å². The lowest BCUT2D eigenvalue weighted by Crippen LogP contribution is -2.44. The SMILES string of the molecule is CC1CCCC(CO)(CN2CCCC2CCCO)C1. The molecule has 0 spiro atoms. The van der Waals surface area contributed by atoms with Crippen LogP contribution in [-0.4, -0.2) is 47.5 Å². The van der Waals surface area contributed by atoms with Crippen LogP contribution in [0.4, 0.5) is 0 Å². The van der Waals surface area contributed by atoms with Gasteiger partial charge >= 0.3 is 0 Å². The smallest absolute Gasteiger partial charge is 0.0499 e. The molecule has 2 aliphatic rings. The molecule has 3 atom stereocenters. The van der Waals surface area contributed by atoms with Crippen LogP contribution in [0, 0.1) is 11.3 Å². The van der Waals surface area contributed by atoms with Gasteiger partial charge in [-0.05, 0) is 51.0 Å². The molecule has 0 amide bonds. The van der Waals surface area contributed by atoms with E-state index < -0.39 is 0 Å². The highest BCUT2D eigenvalue weighted by Crippen LogP contribution is 2.41. The molecular formula is C16H31NO2. The fourth-order valence-corrected chi connectivity index (χ4v) is 4.29. The monoisotopic (exact) mass is 269 g/mol. The number of aliphatic hydroxyl groups excluding tert-OH is 2. The van der Waals surface area contributed by atoms with E-state index in [9.17, 15) is 5.11 Å². The lowest BCUT2D eigenvalue weighted by Gasteiger charge is -2.42. The standard InChI is InChI=1S/C16H31NO2/c1-14-5-2-8-16(11-14,13-19)12-17-9-3-6-15(17)7-4-10-18/h14-15,18-19H,2-13H2,1H3. The quantitative estimate of drug-likeness (QED) is 0.778. The zero-order valence-corrected chi connectivity index (χ0v) is 12.5. The summed E-state index contributed by atoms with van der Waals surface area (Å²) in [6.45, 7) is 5.25. The summed E-state index contributed by atoms with van der Waals surface area (Å²) in [5, 5.41) is 18.9. The Hall–Kier alpha value is -0.120. The van der Waals surface area contributed by atoms with E-state index in [4.69, 9.17) is 5.11 Å². The van der Waals surface area contributed by atoms with Crippen LogP contribution in [0.25, 0.3) is 0 Å². The van der Waals surface area contributed by atoms with Crippen LogP contribution < -0.4 is 0 Å². The fourth-order valence-electron chi connectivity index (χ4n) is 4.29. The summed E-state index contributed by atoms with van der Waals surface area (Å²) in [4.78, 5) is 2.60. The molecule has 1 saturated heterocycles. The van der Waals surface area contributed by atoms with Gasteiger partial charge in [0, 0.05) is 31.2 Å². The van der Waals surface area contributed by atoms with Gasteiger partial charge in [-0.1, -0.05) is 19.8 Å². The third-order valence-corrected chi connectivity index (χ3v) is 5.25. The van der Waals surface area contributed by atoms with E-state index >= 15 is 0 Å². The highest BCUT2D eigenvalue weighted by atomic mass is 16.3. The molecule has 2 N–H and O–H groups in total. The van der Waals surface area contributed by atoms with Crippen molar-refractivity contribution in [3.63, 3.8) is 0 Å². The predicted octanol–water partition coefficient (Wildman–Crippen LogP) is 2.41. The Labute approximate surface area is 118 Å². The number of rotatable bonds is 6. The summed E-state index contributed by atoms with van der Waals surface area (Å²) < 4.78 is 0. The van der Waals surface area contributed by atoms with E-state index in [1.807, 2.05) is 0 Å². The van der Waals surface area contributed by atoms with Crippen molar-refractivity contribution < 1.29 is 10.2 Å². The van der Waals surface area contributed by atoms with Crippen LogP contribution in [-0.2, 0) is 0 Å². The molecule has 3 unspecified atom stereocenters. The van der Waals surface area contributed by atoms with Crippen LogP contribution in [0.3, 0.4) is 0 Å². The van der Waals surface area contributed by atoms with Gasteiger partial charge in [0.15, 0.2) is 0 Å². The zero-order valence-electron chi connectivity index (χ0n) is 12.5. The van der Waals surface area contributed by atoms with Crippen LogP contribution in [0.1, 0.15) is 58.3 Å². The van der Waals surface area contributed by atoms with Crippen LogP contribution in [0.15, 0.2) is 0 Å². The summed E-state index contributed by atoms with van der Waals surface area (Å²) in [5.74, 6) is 0.763. The van der Waals surface area contributed by atoms with Crippen molar-refractivity contribution >= 4 is 0 Å². The van der Waals surface area contributed by atoms with Crippen molar-refractivity contribution in [2.75, 3.05) is 26.3 Å². The Balaban J connectivity index is 1.93. The Morgan fingerprint density at radius 3 is 2.74 bits per heavy atom. The molecule has 0 bridgehead atoms. The maximum atomic E-state index is 9.92. The van der Waals surface area contributed by atoms with Gasteiger partial charge in [0.2, 0.25) is 0 Å². The average Bonchev–Trinajstić information content (AvgIpc) is 2.83. The van der Waals surface area contributed by atoms with Gasteiger partial charge in [-0.2, -0.15) is 0 Å². The first kappa shape index (κ1) is 15.3. The summed E-state index contributed by atoms with van der Waals surface area (Å²) in [6.07, 6.45) is 9.58. The van der Waals surface area contributed by atoms with Crippen molar-refractivity contribution in [3.8, 4) is 0 Å². The van der Waals surface area contributed by atoms with Crippen LogP contribution in [0.5, 0.6) is 0 Å². The molecule has 0 radical (unpaired) electrons. The normalized spacial score (nSPS) is 36.8. The Bertz CT molecular complexity index is 271. The molecule has 0 aromatic heterocycles. The third-order valence-electron chi connectivity index (χ3n) is 5.25. The van der Waals surface area contributed by atoms with E-state index in [1.54, 1.807) is 0 Å². The maximum absolute atomic E-state index is 9.92. The van der Waals surface area contributed by atoms with Crippen molar-refractivity contribution in [2.24, 2.45) is 11.3 Å². The molecule has 3 nitrogen and oxygen atoms in total. The predicted molar refractivity (Wildman–Crippen MR) is 78.1 cm³/mol. The molecule has 1 saturated carbocycles. The van der Waals surface area contributed by atoms with Gasteiger partial charge in [-0.15, -0.1) is 0 Å². The van der Waals surface area contributed by atoms with E-state index in [-0.39, 0.29) is 5.41 Å². The number of hydrogen-bond acceptors (Lipinski definition) is 3. The number of likely N-dealkylation sites (tertiary alicyclic amines) is 1. The van der Waals surface area contributed by atoms with Gasteiger partial charge in [-0.3, -0.25) is 4.90 Å². The van der Waals surface area contributed by atoms with Crippen molar-refractivity contribution in [3.05, 3.63) is 0 Å². The van der Waals surface area contributed by atoms with Crippen LogP contribution >= 0.6 is 0 Å². The van der Waals surface area contributed by atoms with Crippen molar-refractivity contribution in [1.82, 2.24) is 4.90 Å². The van der Waals surface area contributed by atoms with Gasteiger partial charge in [-0.25, -0.2) is 0 Å². The maximum Gasteiger partial charge on any atom is 0.0499 e. The summed E-state index contributed by atoms with van der Waals surface area (Å²) in [7, 11) is 0. The number of aliphatic hydroxyl groups is 2. The number of hydrogen-bond donors (Lipinski definition) is 2. The summed E-state index contributed by atoms with van der Waals surface area (Å²) in [6, 6.07) is 0.646. The Morgan fingerprint density at radius 2 is 2.05 bits per heavy atom. The summed E-state index contributed by atoms with van der Waals surface area (Å²) in [5.41, 5.74) is 0.152. The van der Waals surface area contributed by atoms with E-state index in [0.29, 0.717) is 19.3 Å². The molecule has 19 heavy (non-hydrogen) atoms. The van der Waals surface area contributed by atoms with Gasteiger partial charge < -0.3 is 10.2 Å². The molecule has 1 heterocycles. The molecule has 112 valence electrons. The van der Waals surface area contributed by atoms with Gasteiger partial charge in [0.05, 0.1) is 0 Å². The molecule has 2 fully saturated rings. The fraction of sp³-hybridized carbons (Fsp3) is 1.00. The van der Waals surface area contributed by atoms with E-state index in [2.05, 4.69) is 11.8 Å². The lowest BCUT2D eigenvalue weighted by atomic mass is 9.70. The minimum Gasteiger partial charge on any atom is -0.396 e. The third kappa shape index (κ3) is 3.93. The van der Waals surface area contributed by atoms with Gasteiger partial charge in [0.25, 0.3) is 0 Å². The highest BCUT2D eigenvalue weighted by Gasteiger charge is 2.38. The average molecular weight is 269 g/mol. The van der Waals surface area contributed by atoms with Crippen molar-refractivity contribution in [2.45, 2.75) is 64.3 Å². The second kappa shape index (κ2) is 7.05. The van der Waals surface area contributed by atoms with E-state index in [1.165, 1.54) is 45.1 Å². The highest BCUT2D eigenvalue weighted by molar-refractivity contribution is 4.91. The first-order valence-corrected chi connectivity index (χ1v) is 8.15. The lowest BCUT2D eigenvalue weighted by molar-refractivity contribution is 0.0187. The molecule has 2 rings (SSSR count). The van der Waals surface area contributed by atoms with E-state index in [0.717, 1.165) is 25.3 Å². The number of nitrogens with zero attached hydrogens (tertiary/aromatic N) is 1. The molecule has 3 heteroatoms. The first-order valence-electron chi connectivity index (χ1n) is 8.15. The minimum absolute atomic E-state index is 0.152.